The Morgan fingerprint density at radius 2 is 2.33 bits per heavy atom. The molecule has 70 valence electrons. The SMILES string of the molecule is CCCOCC(=O)NCC(N)=S. The first-order valence-electron chi connectivity index (χ1n) is 3.79. The summed E-state index contributed by atoms with van der Waals surface area (Å²) in [5, 5.41) is 2.51. The highest BCUT2D eigenvalue weighted by Gasteiger charge is 1.99. The number of nitrogens with one attached hydrogen (secondary N) is 1. The Labute approximate surface area is 77.5 Å². The van der Waals surface area contributed by atoms with E-state index in [-0.39, 0.29) is 24.0 Å². The van der Waals surface area contributed by atoms with Crippen LogP contribution in [-0.2, 0) is 9.53 Å². The minimum Gasteiger partial charge on any atom is -0.392 e. The number of thiocarbonyl (C=S) groups is 1. The number of ether oxygens (including phenoxy) is 1. The van der Waals surface area contributed by atoms with E-state index in [1.165, 1.54) is 0 Å². The van der Waals surface area contributed by atoms with Gasteiger partial charge in [0.2, 0.25) is 5.91 Å². The summed E-state index contributed by atoms with van der Waals surface area (Å²) < 4.78 is 4.98. The summed E-state index contributed by atoms with van der Waals surface area (Å²) in [6.07, 6.45) is 0.905. The molecule has 0 rings (SSSR count). The maximum Gasteiger partial charge on any atom is 0.246 e. The van der Waals surface area contributed by atoms with Crippen molar-refractivity contribution >= 4 is 23.1 Å². The standard InChI is InChI=1S/C7H14N2O2S/c1-2-3-11-5-7(10)9-4-6(8)12/h2-5H2,1H3,(H2,8,12)(H,9,10). The number of rotatable bonds is 6. The Bertz CT molecular complexity index is 161. The van der Waals surface area contributed by atoms with Crippen molar-refractivity contribution in [3.63, 3.8) is 0 Å². The highest BCUT2D eigenvalue weighted by Crippen LogP contribution is 1.79. The van der Waals surface area contributed by atoms with Gasteiger partial charge in [0.25, 0.3) is 0 Å². The fourth-order valence-electron chi connectivity index (χ4n) is 0.546. The van der Waals surface area contributed by atoms with E-state index in [0.29, 0.717) is 6.61 Å². The summed E-state index contributed by atoms with van der Waals surface area (Å²) in [6, 6.07) is 0. The molecule has 0 spiro atoms. The smallest absolute Gasteiger partial charge is 0.246 e. The molecule has 0 aromatic carbocycles. The predicted molar refractivity (Wildman–Crippen MR) is 50.9 cm³/mol. The Morgan fingerprint density at radius 1 is 1.67 bits per heavy atom. The van der Waals surface area contributed by atoms with Gasteiger partial charge >= 0.3 is 0 Å². The molecule has 0 aliphatic rings. The van der Waals surface area contributed by atoms with Crippen molar-refractivity contribution < 1.29 is 9.53 Å². The number of hydrogen-bond donors (Lipinski definition) is 2. The molecule has 3 N–H and O–H groups in total. The van der Waals surface area contributed by atoms with Gasteiger partial charge in [-0.15, -0.1) is 0 Å². The fraction of sp³-hybridized carbons (Fsp3) is 0.714. The van der Waals surface area contributed by atoms with Crippen molar-refractivity contribution in [3.05, 3.63) is 0 Å². The fourth-order valence-corrected chi connectivity index (χ4v) is 0.618. The van der Waals surface area contributed by atoms with Gasteiger partial charge in [0.1, 0.15) is 6.61 Å². The van der Waals surface area contributed by atoms with Crippen LogP contribution in [0.2, 0.25) is 0 Å². The molecular weight excluding hydrogens is 176 g/mol. The highest BCUT2D eigenvalue weighted by molar-refractivity contribution is 7.80. The third kappa shape index (κ3) is 7.43. The third-order valence-electron chi connectivity index (χ3n) is 1.04. The maximum absolute atomic E-state index is 10.9. The molecule has 0 aliphatic heterocycles. The van der Waals surface area contributed by atoms with Gasteiger partial charge in [0, 0.05) is 6.61 Å². The van der Waals surface area contributed by atoms with Crippen LogP contribution < -0.4 is 11.1 Å². The minimum absolute atomic E-state index is 0.0798. The second-order valence-corrected chi connectivity index (χ2v) is 2.82. The van der Waals surface area contributed by atoms with Crippen LogP contribution in [0, 0.1) is 0 Å². The minimum atomic E-state index is -0.184. The van der Waals surface area contributed by atoms with Crippen LogP contribution in [0.25, 0.3) is 0 Å². The summed E-state index contributed by atoms with van der Waals surface area (Å²) >= 11 is 4.57. The lowest BCUT2D eigenvalue weighted by molar-refractivity contribution is -0.125. The summed E-state index contributed by atoms with van der Waals surface area (Å²) in [5.41, 5.74) is 5.17. The second kappa shape index (κ2) is 7.00. The number of hydrogen-bond acceptors (Lipinski definition) is 3. The van der Waals surface area contributed by atoms with Crippen LogP contribution >= 0.6 is 12.2 Å². The van der Waals surface area contributed by atoms with Crippen LogP contribution in [0.3, 0.4) is 0 Å². The van der Waals surface area contributed by atoms with E-state index in [1.807, 2.05) is 6.92 Å². The van der Waals surface area contributed by atoms with E-state index >= 15 is 0 Å². The van der Waals surface area contributed by atoms with Gasteiger partial charge < -0.3 is 15.8 Å². The molecule has 0 saturated heterocycles. The Kier molecular flexibility index (Phi) is 6.60. The zero-order valence-corrected chi connectivity index (χ0v) is 7.95. The van der Waals surface area contributed by atoms with Crippen molar-refractivity contribution in [2.45, 2.75) is 13.3 Å². The molecule has 0 radical (unpaired) electrons. The predicted octanol–water partition coefficient (Wildman–Crippen LogP) is -0.185. The van der Waals surface area contributed by atoms with E-state index in [9.17, 15) is 4.79 Å². The molecule has 0 fully saturated rings. The molecule has 0 aliphatic carbocycles. The van der Waals surface area contributed by atoms with Gasteiger partial charge in [-0.2, -0.15) is 0 Å². The molecular formula is C7H14N2O2S. The van der Waals surface area contributed by atoms with Crippen LogP contribution in [0.1, 0.15) is 13.3 Å². The number of carbonyl (C=O) groups is 1. The number of nitrogens with two attached hydrogens (primary N) is 1. The molecule has 0 unspecified atom stereocenters. The zero-order chi connectivity index (χ0) is 9.40. The van der Waals surface area contributed by atoms with Crippen LogP contribution in [0.4, 0.5) is 0 Å². The maximum atomic E-state index is 10.9. The molecule has 0 aromatic rings. The average molecular weight is 190 g/mol. The van der Waals surface area contributed by atoms with Gasteiger partial charge in [-0.3, -0.25) is 4.79 Å². The van der Waals surface area contributed by atoms with Crippen molar-refractivity contribution in [1.29, 1.82) is 0 Å². The first kappa shape index (κ1) is 11.3. The summed E-state index contributed by atoms with van der Waals surface area (Å²) in [4.78, 5) is 11.1. The van der Waals surface area contributed by atoms with Crippen molar-refractivity contribution in [1.82, 2.24) is 5.32 Å². The molecule has 12 heavy (non-hydrogen) atoms. The number of amides is 1. The van der Waals surface area contributed by atoms with Crippen molar-refractivity contribution in [2.24, 2.45) is 5.73 Å². The first-order valence-corrected chi connectivity index (χ1v) is 4.20. The molecule has 0 saturated carbocycles. The quantitative estimate of drug-likeness (QED) is 0.450. The third-order valence-corrected chi connectivity index (χ3v) is 1.19. The van der Waals surface area contributed by atoms with Crippen LogP contribution in [0.5, 0.6) is 0 Å². The van der Waals surface area contributed by atoms with Gasteiger partial charge in [-0.05, 0) is 6.42 Å². The number of carbonyl (C=O) groups excluding carboxylic acids is 1. The normalized spacial score (nSPS) is 9.42. The second-order valence-electron chi connectivity index (χ2n) is 2.30. The van der Waals surface area contributed by atoms with E-state index in [1.54, 1.807) is 0 Å². The van der Waals surface area contributed by atoms with E-state index in [0.717, 1.165) is 6.42 Å². The molecule has 0 aromatic heterocycles. The van der Waals surface area contributed by atoms with Crippen LogP contribution in [-0.4, -0.2) is 30.7 Å². The Hall–Kier alpha value is -0.680. The molecule has 1 amide bonds. The van der Waals surface area contributed by atoms with Gasteiger partial charge in [0.15, 0.2) is 0 Å². The first-order chi connectivity index (χ1) is 5.66. The lowest BCUT2D eigenvalue weighted by Crippen LogP contribution is -2.34. The van der Waals surface area contributed by atoms with Crippen LogP contribution in [0.15, 0.2) is 0 Å². The molecule has 0 bridgehead atoms. The zero-order valence-electron chi connectivity index (χ0n) is 7.13. The van der Waals surface area contributed by atoms with E-state index in [4.69, 9.17) is 10.5 Å². The molecule has 0 heterocycles. The lowest BCUT2D eigenvalue weighted by atomic mass is 10.5. The van der Waals surface area contributed by atoms with Gasteiger partial charge in [-0.25, -0.2) is 0 Å². The topological polar surface area (TPSA) is 64.3 Å². The largest absolute Gasteiger partial charge is 0.392 e. The molecule has 4 nitrogen and oxygen atoms in total. The lowest BCUT2D eigenvalue weighted by Gasteiger charge is -2.03. The average Bonchev–Trinajstić information content (AvgIpc) is 2.01. The molecule has 0 atom stereocenters. The highest BCUT2D eigenvalue weighted by atomic mass is 32.1. The van der Waals surface area contributed by atoms with E-state index in [2.05, 4.69) is 17.5 Å². The Morgan fingerprint density at radius 3 is 2.83 bits per heavy atom. The van der Waals surface area contributed by atoms with Crippen molar-refractivity contribution in [2.75, 3.05) is 19.8 Å². The summed E-state index contributed by atoms with van der Waals surface area (Å²) in [5.74, 6) is -0.184. The Balaban J connectivity index is 3.28. The monoisotopic (exact) mass is 190 g/mol. The van der Waals surface area contributed by atoms with E-state index < -0.39 is 0 Å². The van der Waals surface area contributed by atoms with Crippen molar-refractivity contribution in [3.8, 4) is 0 Å². The molecule has 5 heteroatoms. The van der Waals surface area contributed by atoms with Gasteiger partial charge in [-0.1, -0.05) is 19.1 Å². The van der Waals surface area contributed by atoms with Gasteiger partial charge in [0.05, 0.1) is 11.5 Å². The summed E-state index contributed by atoms with van der Waals surface area (Å²) in [7, 11) is 0. The summed E-state index contributed by atoms with van der Waals surface area (Å²) in [6.45, 7) is 2.90.